The van der Waals surface area contributed by atoms with Crippen molar-refractivity contribution in [1.29, 1.82) is 0 Å². The highest BCUT2D eigenvalue weighted by Crippen LogP contribution is 2.28. The molecule has 1 aliphatic rings. The summed E-state index contributed by atoms with van der Waals surface area (Å²) in [5.41, 5.74) is 4.94. The molecule has 0 unspecified atom stereocenters. The standard InChI is InChI=1S/C24H31ClN6O6/c1-23(2,3)36-21(33)31(22(34)37-24(4,5)6)19-9-14(27-12-28-19)15-7-13(8-18(25)30-15)16-10-35-11-17(29-16)20(26)32/h7-9,12,16-17,29H,10-11H2,1-6H3,(H2,26,32)/t16-,17-/m0/s1. The molecule has 1 aliphatic heterocycles. The average molecular weight is 535 g/mol. The van der Waals surface area contributed by atoms with E-state index in [9.17, 15) is 14.4 Å². The lowest BCUT2D eigenvalue weighted by Crippen LogP contribution is -2.50. The van der Waals surface area contributed by atoms with E-state index in [-0.39, 0.29) is 35.9 Å². The van der Waals surface area contributed by atoms with Gasteiger partial charge in [0.2, 0.25) is 5.91 Å². The number of amides is 3. The van der Waals surface area contributed by atoms with Crippen LogP contribution in [-0.4, -0.2) is 63.5 Å². The van der Waals surface area contributed by atoms with Crippen molar-refractivity contribution >= 4 is 35.5 Å². The van der Waals surface area contributed by atoms with E-state index >= 15 is 0 Å². The van der Waals surface area contributed by atoms with Gasteiger partial charge in [0.25, 0.3) is 0 Å². The van der Waals surface area contributed by atoms with E-state index in [1.807, 2.05) is 0 Å². The number of nitrogens with two attached hydrogens (primary N) is 1. The average Bonchev–Trinajstić information content (AvgIpc) is 2.76. The first-order valence-corrected chi connectivity index (χ1v) is 11.9. The molecule has 0 spiro atoms. The Bertz CT molecular complexity index is 1150. The molecule has 2 aromatic rings. The number of nitrogens with one attached hydrogen (secondary N) is 1. The smallest absolute Gasteiger partial charge is 0.425 e. The highest BCUT2D eigenvalue weighted by Gasteiger charge is 2.34. The first-order valence-electron chi connectivity index (χ1n) is 11.5. The molecular weight excluding hydrogens is 504 g/mol. The number of morpholine rings is 1. The Kier molecular flexibility index (Phi) is 8.35. The third-order valence-electron chi connectivity index (χ3n) is 4.83. The predicted molar refractivity (Wildman–Crippen MR) is 135 cm³/mol. The molecule has 3 rings (SSSR count). The molecule has 12 nitrogen and oxygen atoms in total. The number of carbonyl (C=O) groups excluding carboxylic acids is 3. The van der Waals surface area contributed by atoms with Gasteiger partial charge < -0.3 is 19.9 Å². The molecule has 1 fully saturated rings. The lowest BCUT2D eigenvalue weighted by Gasteiger charge is -2.29. The van der Waals surface area contributed by atoms with E-state index in [0.29, 0.717) is 16.2 Å². The maximum atomic E-state index is 13.0. The fourth-order valence-electron chi connectivity index (χ4n) is 3.33. The highest BCUT2D eigenvalue weighted by molar-refractivity contribution is 6.29. The predicted octanol–water partition coefficient (Wildman–Crippen LogP) is 3.38. The Labute approximate surface area is 219 Å². The normalized spacial score (nSPS) is 18.1. The fourth-order valence-corrected chi connectivity index (χ4v) is 3.55. The topological polar surface area (TPSA) is 159 Å². The maximum Gasteiger partial charge on any atom is 0.425 e. The number of hydrogen-bond acceptors (Lipinski definition) is 10. The van der Waals surface area contributed by atoms with Crippen molar-refractivity contribution in [2.75, 3.05) is 18.1 Å². The van der Waals surface area contributed by atoms with Crippen molar-refractivity contribution in [3.63, 3.8) is 0 Å². The molecule has 2 atom stereocenters. The van der Waals surface area contributed by atoms with Crippen LogP contribution in [0.15, 0.2) is 24.5 Å². The van der Waals surface area contributed by atoms with Crippen LogP contribution in [0.2, 0.25) is 5.15 Å². The van der Waals surface area contributed by atoms with E-state index in [2.05, 4.69) is 20.3 Å². The summed E-state index contributed by atoms with van der Waals surface area (Å²) >= 11 is 6.29. The Hall–Kier alpha value is -3.35. The molecule has 37 heavy (non-hydrogen) atoms. The second-order valence-corrected chi connectivity index (χ2v) is 10.8. The number of anilines is 1. The molecule has 3 amide bonds. The van der Waals surface area contributed by atoms with Crippen LogP contribution >= 0.6 is 11.6 Å². The van der Waals surface area contributed by atoms with Gasteiger partial charge in [-0.2, -0.15) is 4.90 Å². The SMILES string of the molecule is CC(C)(C)OC(=O)N(C(=O)OC(C)(C)C)c1cc(-c2cc([C@@H]3COC[C@@H](C(N)=O)N3)cc(Cl)n2)ncn1. The minimum atomic E-state index is -0.966. The largest absolute Gasteiger partial charge is 0.443 e. The molecule has 3 N–H and O–H groups in total. The van der Waals surface area contributed by atoms with Gasteiger partial charge in [-0.1, -0.05) is 11.6 Å². The molecule has 0 radical (unpaired) electrons. The fraction of sp³-hybridized carbons (Fsp3) is 0.500. The molecular formula is C24H31ClN6O6. The number of carbonyl (C=O) groups is 3. The summed E-state index contributed by atoms with van der Waals surface area (Å²) in [7, 11) is 0. The van der Waals surface area contributed by atoms with Crippen LogP contribution in [0.1, 0.15) is 53.1 Å². The van der Waals surface area contributed by atoms with Gasteiger partial charge in [-0.15, -0.1) is 0 Å². The second-order valence-electron chi connectivity index (χ2n) is 10.4. The number of rotatable bonds is 4. The number of imide groups is 1. The molecule has 0 bridgehead atoms. The van der Waals surface area contributed by atoms with Crippen LogP contribution in [0.4, 0.5) is 15.4 Å². The first-order chi connectivity index (χ1) is 17.1. The van der Waals surface area contributed by atoms with Gasteiger partial charge in [0.1, 0.15) is 28.7 Å². The van der Waals surface area contributed by atoms with Gasteiger partial charge in [0.15, 0.2) is 5.82 Å². The van der Waals surface area contributed by atoms with E-state index in [4.69, 9.17) is 31.5 Å². The minimum Gasteiger partial charge on any atom is -0.443 e. The quantitative estimate of drug-likeness (QED) is 0.556. The maximum absolute atomic E-state index is 13.0. The zero-order valence-corrected chi connectivity index (χ0v) is 22.3. The summed E-state index contributed by atoms with van der Waals surface area (Å²) in [6.45, 7) is 10.5. The van der Waals surface area contributed by atoms with Gasteiger partial charge in [0.05, 0.1) is 30.6 Å². The summed E-state index contributed by atoms with van der Waals surface area (Å²) < 4.78 is 16.3. The van der Waals surface area contributed by atoms with Gasteiger partial charge in [-0.3, -0.25) is 10.1 Å². The highest BCUT2D eigenvalue weighted by atomic mass is 35.5. The number of aromatic nitrogens is 3. The molecule has 3 heterocycles. The summed E-state index contributed by atoms with van der Waals surface area (Å²) in [5, 5.41) is 3.29. The Balaban J connectivity index is 1.99. The third-order valence-corrected chi connectivity index (χ3v) is 5.02. The number of pyridine rings is 1. The number of nitrogens with zero attached hydrogens (tertiary/aromatic N) is 4. The van der Waals surface area contributed by atoms with Crippen molar-refractivity contribution in [2.24, 2.45) is 5.73 Å². The van der Waals surface area contributed by atoms with E-state index < -0.39 is 35.3 Å². The minimum absolute atomic E-state index is 0.0789. The van der Waals surface area contributed by atoms with Gasteiger partial charge in [0, 0.05) is 6.07 Å². The van der Waals surface area contributed by atoms with Crippen LogP contribution in [-0.2, 0) is 19.0 Å². The summed E-state index contributed by atoms with van der Waals surface area (Å²) in [5.74, 6) is -0.611. The van der Waals surface area contributed by atoms with Crippen molar-refractivity contribution in [3.05, 3.63) is 35.2 Å². The zero-order chi connectivity index (χ0) is 27.5. The Morgan fingerprint density at radius 2 is 1.62 bits per heavy atom. The molecule has 1 saturated heterocycles. The lowest BCUT2D eigenvalue weighted by atomic mass is 10.0. The van der Waals surface area contributed by atoms with Gasteiger partial charge in [-0.05, 0) is 59.2 Å². The Morgan fingerprint density at radius 3 is 2.19 bits per heavy atom. The van der Waals surface area contributed by atoms with Crippen LogP contribution in [0.25, 0.3) is 11.4 Å². The zero-order valence-electron chi connectivity index (χ0n) is 21.6. The van der Waals surface area contributed by atoms with Crippen LogP contribution < -0.4 is 16.0 Å². The van der Waals surface area contributed by atoms with E-state index in [1.165, 1.54) is 12.4 Å². The van der Waals surface area contributed by atoms with Crippen molar-refractivity contribution in [1.82, 2.24) is 20.3 Å². The monoisotopic (exact) mass is 534 g/mol. The van der Waals surface area contributed by atoms with E-state index in [1.54, 1.807) is 53.7 Å². The van der Waals surface area contributed by atoms with Crippen LogP contribution in [0.5, 0.6) is 0 Å². The lowest BCUT2D eigenvalue weighted by molar-refractivity contribution is -0.123. The van der Waals surface area contributed by atoms with Gasteiger partial charge in [-0.25, -0.2) is 24.5 Å². The summed E-state index contributed by atoms with van der Waals surface area (Å²) in [6, 6.07) is 3.69. The Morgan fingerprint density at radius 1 is 1.00 bits per heavy atom. The van der Waals surface area contributed by atoms with E-state index in [0.717, 1.165) is 0 Å². The second kappa shape index (κ2) is 11.0. The molecule has 0 aromatic carbocycles. The first kappa shape index (κ1) is 28.2. The summed E-state index contributed by atoms with van der Waals surface area (Å²) in [4.78, 5) is 50.9. The number of ether oxygens (including phenoxy) is 3. The number of hydrogen-bond donors (Lipinski definition) is 2. The van der Waals surface area contributed by atoms with Crippen LogP contribution in [0, 0.1) is 0 Å². The molecule has 0 saturated carbocycles. The number of primary amides is 1. The summed E-state index contributed by atoms with van der Waals surface area (Å²) in [6.07, 6.45) is -0.751. The molecule has 0 aliphatic carbocycles. The van der Waals surface area contributed by atoms with Crippen molar-refractivity contribution < 1.29 is 28.6 Å². The number of halogens is 1. The third kappa shape index (κ3) is 7.81. The molecule has 13 heteroatoms. The molecule has 2 aromatic heterocycles. The van der Waals surface area contributed by atoms with Crippen molar-refractivity contribution in [2.45, 2.75) is 64.8 Å². The molecule has 200 valence electrons. The van der Waals surface area contributed by atoms with Crippen molar-refractivity contribution in [3.8, 4) is 11.4 Å². The van der Waals surface area contributed by atoms with Crippen LogP contribution in [0.3, 0.4) is 0 Å². The van der Waals surface area contributed by atoms with Gasteiger partial charge >= 0.3 is 12.2 Å².